The van der Waals surface area contributed by atoms with Crippen LogP contribution in [-0.2, 0) is 0 Å². The maximum absolute atomic E-state index is 12.6. The Kier molecular flexibility index (Phi) is 2.08. The van der Waals surface area contributed by atoms with E-state index in [2.05, 4.69) is 25.9 Å². The van der Waals surface area contributed by atoms with Crippen LogP contribution in [0.4, 0.5) is 0 Å². The van der Waals surface area contributed by atoms with Crippen molar-refractivity contribution in [2.45, 2.75) is 0 Å². The van der Waals surface area contributed by atoms with E-state index in [1.165, 1.54) is 0 Å². The number of imidazole rings is 1. The SMILES string of the molecule is O=c1c2ccccc2nc2[nH]c3ccc(Br)cc3n12. The summed E-state index contributed by atoms with van der Waals surface area (Å²) in [4.78, 5) is 20.2. The monoisotopic (exact) mass is 313 g/mol. The van der Waals surface area contributed by atoms with Crippen molar-refractivity contribution in [2.75, 3.05) is 0 Å². The van der Waals surface area contributed by atoms with Gasteiger partial charge in [0.25, 0.3) is 5.56 Å². The lowest BCUT2D eigenvalue weighted by molar-refractivity contribution is 1.12. The average molecular weight is 314 g/mol. The summed E-state index contributed by atoms with van der Waals surface area (Å²) in [6, 6.07) is 13.1. The number of para-hydroxylation sites is 1. The predicted molar refractivity (Wildman–Crippen MR) is 78.5 cm³/mol. The summed E-state index contributed by atoms with van der Waals surface area (Å²) in [5.41, 5.74) is 2.37. The number of benzene rings is 2. The van der Waals surface area contributed by atoms with E-state index in [9.17, 15) is 4.79 Å². The molecule has 0 atom stereocenters. The fraction of sp³-hybridized carbons (Fsp3) is 0. The lowest BCUT2D eigenvalue weighted by Crippen LogP contribution is -2.13. The fourth-order valence-electron chi connectivity index (χ4n) is 2.36. The van der Waals surface area contributed by atoms with Gasteiger partial charge in [0.15, 0.2) is 0 Å². The molecule has 0 saturated heterocycles. The molecule has 4 nitrogen and oxygen atoms in total. The van der Waals surface area contributed by atoms with Crippen LogP contribution in [0, 0.1) is 0 Å². The van der Waals surface area contributed by atoms with Crippen molar-refractivity contribution in [1.29, 1.82) is 0 Å². The molecule has 2 heterocycles. The van der Waals surface area contributed by atoms with Gasteiger partial charge in [-0.15, -0.1) is 0 Å². The normalized spacial score (nSPS) is 11.6. The summed E-state index contributed by atoms with van der Waals surface area (Å²) in [7, 11) is 0. The maximum atomic E-state index is 12.6. The van der Waals surface area contributed by atoms with Gasteiger partial charge in [-0.25, -0.2) is 9.38 Å². The zero-order valence-electron chi connectivity index (χ0n) is 9.72. The Balaban J connectivity index is 2.35. The summed E-state index contributed by atoms with van der Waals surface area (Å²) in [6.07, 6.45) is 0. The lowest BCUT2D eigenvalue weighted by Gasteiger charge is -1.98. The number of nitrogens with one attached hydrogen (secondary N) is 1. The van der Waals surface area contributed by atoms with Crippen molar-refractivity contribution in [3.05, 3.63) is 57.3 Å². The number of aromatic nitrogens is 3. The standard InChI is InChI=1S/C14H8BrN3O/c15-8-5-6-11-12(7-8)18-13(19)9-3-1-2-4-10(9)16-14(18)17-11/h1-7H,(H,16,17). The highest BCUT2D eigenvalue weighted by Gasteiger charge is 2.10. The van der Waals surface area contributed by atoms with E-state index < -0.39 is 0 Å². The van der Waals surface area contributed by atoms with Gasteiger partial charge >= 0.3 is 0 Å². The number of aromatic amines is 1. The summed E-state index contributed by atoms with van der Waals surface area (Å²) in [6.45, 7) is 0. The van der Waals surface area contributed by atoms with Gasteiger partial charge in [-0.1, -0.05) is 28.1 Å². The van der Waals surface area contributed by atoms with Gasteiger partial charge in [0.2, 0.25) is 5.78 Å². The minimum atomic E-state index is -0.0510. The van der Waals surface area contributed by atoms with Gasteiger partial charge in [-0.05, 0) is 30.3 Å². The van der Waals surface area contributed by atoms with E-state index in [1.807, 2.05) is 36.4 Å². The van der Waals surface area contributed by atoms with Crippen LogP contribution in [0.5, 0.6) is 0 Å². The van der Waals surface area contributed by atoms with Gasteiger partial charge in [0.1, 0.15) is 0 Å². The third kappa shape index (κ3) is 1.45. The summed E-state index contributed by atoms with van der Waals surface area (Å²) >= 11 is 3.43. The molecule has 0 amide bonds. The first-order valence-electron chi connectivity index (χ1n) is 5.83. The first kappa shape index (κ1) is 10.8. The number of H-pyrrole nitrogens is 1. The Hall–Kier alpha value is -2.14. The molecular weight excluding hydrogens is 306 g/mol. The van der Waals surface area contributed by atoms with Crippen molar-refractivity contribution in [3.63, 3.8) is 0 Å². The minimum Gasteiger partial charge on any atom is -0.323 e. The molecule has 0 spiro atoms. The molecule has 0 radical (unpaired) electrons. The quantitative estimate of drug-likeness (QED) is 0.542. The van der Waals surface area contributed by atoms with Crippen LogP contribution in [-0.4, -0.2) is 14.4 Å². The Morgan fingerprint density at radius 3 is 2.89 bits per heavy atom. The molecule has 4 rings (SSSR count). The van der Waals surface area contributed by atoms with Gasteiger partial charge in [-0.2, -0.15) is 0 Å². The Labute approximate surface area is 115 Å². The average Bonchev–Trinajstić information content (AvgIpc) is 2.76. The van der Waals surface area contributed by atoms with E-state index in [-0.39, 0.29) is 5.56 Å². The van der Waals surface area contributed by atoms with Gasteiger partial charge in [0.05, 0.1) is 21.9 Å². The summed E-state index contributed by atoms with van der Waals surface area (Å²) in [5.74, 6) is 0.566. The minimum absolute atomic E-state index is 0.0510. The third-order valence-corrected chi connectivity index (χ3v) is 3.72. The topological polar surface area (TPSA) is 50.2 Å². The molecule has 2 aromatic carbocycles. The van der Waals surface area contributed by atoms with Crippen molar-refractivity contribution < 1.29 is 0 Å². The molecular formula is C14H8BrN3O. The molecule has 4 aromatic rings. The van der Waals surface area contributed by atoms with Crippen LogP contribution in [0.2, 0.25) is 0 Å². The third-order valence-electron chi connectivity index (χ3n) is 3.22. The highest BCUT2D eigenvalue weighted by molar-refractivity contribution is 9.10. The number of fused-ring (bicyclic) bond motifs is 4. The summed E-state index contributed by atoms with van der Waals surface area (Å²) in [5, 5.41) is 0.626. The Morgan fingerprint density at radius 2 is 2.00 bits per heavy atom. The van der Waals surface area contributed by atoms with Crippen LogP contribution in [0.3, 0.4) is 0 Å². The second kappa shape index (κ2) is 3.68. The molecule has 1 N–H and O–H groups in total. The second-order valence-corrected chi connectivity index (χ2v) is 5.30. The van der Waals surface area contributed by atoms with Crippen molar-refractivity contribution in [2.24, 2.45) is 0 Å². The van der Waals surface area contributed by atoms with E-state index in [1.54, 1.807) is 10.5 Å². The fourth-order valence-corrected chi connectivity index (χ4v) is 2.71. The second-order valence-electron chi connectivity index (χ2n) is 4.38. The molecule has 0 fully saturated rings. The molecule has 0 bridgehead atoms. The van der Waals surface area contributed by atoms with E-state index in [4.69, 9.17) is 0 Å². The molecule has 0 aliphatic rings. The lowest BCUT2D eigenvalue weighted by atomic mass is 10.2. The van der Waals surface area contributed by atoms with Crippen LogP contribution in [0.25, 0.3) is 27.7 Å². The highest BCUT2D eigenvalue weighted by atomic mass is 79.9. The van der Waals surface area contributed by atoms with Gasteiger partial charge in [-0.3, -0.25) is 4.79 Å². The highest BCUT2D eigenvalue weighted by Crippen LogP contribution is 2.20. The van der Waals surface area contributed by atoms with E-state index in [0.29, 0.717) is 16.7 Å². The largest absolute Gasteiger partial charge is 0.323 e. The van der Waals surface area contributed by atoms with Gasteiger partial charge in [0, 0.05) is 4.47 Å². The van der Waals surface area contributed by atoms with Crippen LogP contribution in [0.1, 0.15) is 0 Å². The summed E-state index contributed by atoms with van der Waals surface area (Å²) < 4.78 is 2.54. The van der Waals surface area contributed by atoms with Crippen molar-refractivity contribution in [3.8, 4) is 0 Å². The van der Waals surface area contributed by atoms with Crippen LogP contribution in [0.15, 0.2) is 51.7 Å². The number of halogens is 1. The predicted octanol–water partition coefficient (Wildman–Crippen LogP) is 3.09. The van der Waals surface area contributed by atoms with Crippen molar-refractivity contribution in [1.82, 2.24) is 14.4 Å². The number of rotatable bonds is 0. The molecule has 92 valence electrons. The smallest absolute Gasteiger partial charge is 0.267 e. The van der Waals surface area contributed by atoms with Crippen molar-refractivity contribution >= 4 is 43.6 Å². The molecule has 0 aliphatic heterocycles. The number of nitrogens with zero attached hydrogens (tertiary/aromatic N) is 2. The molecule has 0 unspecified atom stereocenters. The Bertz CT molecular complexity index is 1000. The molecule has 0 saturated carbocycles. The zero-order valence-corrected chi connectivity index (χ0v) is 11.3. The first-order chi connectivity index (χ1) is 9.24. The molecule has 0 aliphatic carbocycles. The van der Waals surface area contributed by atoms with Gasteiger partial charge < -0.3 is 4.98 Å². The number of hydrogen-bond acceptors (Lipinski definition) is 2. The molecule has 5 heteroatoms. The first-order valence-corrected chi connectivity index (χ1v) is 6.62. The van der Waals surface area contributed by atoms with Crippen LogP contribution < -0.4 is 5.56 Å². The van der Waals surface area contributed by atoms with Crippen LogP contribution >= 0.6 is 15.9 Å². The zero-order chi connectivity index (χ0) is 13.0. The van der Waals surface area contributed by atoms with E-state index in [0.717, 1.165) is 15.5 Å². The molecule has 19 heavy (non-hydrogen) atoms. The Morgan fingerprint density at radius 1 is 1.16 bits per heavy atom. The van der Waals surface area contributed by atoms with E-state index >= 15 is 0 Å². The maximum Gasteiger partial charge on any atom is 0.267 e. The number of hydrogen-bond donors (Lipinski definition) is 1. The molecule has 2 aromatic heterocycles.